The Morgan fingerprint density at radius 3 is 2.71 bits per heavy atom. The molecule has 1 aromatic heterocycles. The van der Waals surface area contributed by atoms with E-state index in [0.29, 0.717) is 5.69 Å². The third-order valence-electron chi connectivity index (χ3n) is 2.61. The van der Waals surface area contributed by atoms with Crippen molar-refractivity contribution in [2.75, 3.05) is 5.32 Å². The number of anilines is 1. The molecule has 2 aromatic rings. The molecule has 2 rings (SSSR count). The second-order valence-corrected chi connectivity index (χ2v) is 4.62. The summed E-state index contributed by atoms with van der Waals surface area (Å²) in [5, 5.41) is 22.7. The number of aryl methyl sites for hydroxylation is 1. The van der Waals surface area contributed by atoms with Gasteiger partial charge in [0.2, 0.25) is 0 Å². The Bertz CT molecular complexity index is 713. The predicted octanol–water partition coefficient (Wildman–Crippen LogP) is 2.91. The van der Waals surface area contributed by atoms with Crippen LogP contribution < -0.4 is 5.32 Å². The van der Waals surface area contributed by atoms with Crippen molar-refractivity contribution in [1.82, 2.24) is 4.98 Å². The highest BCUT2D eigenvalue weighted by Gasteiger charge is 2.18. The fourth-order valence-electron chi connectivity index (χ4n) is 1.73. The van der Waals surface area contributed by atoms with E-state index < -0.39 is 16.5 Å². The van der Waals surface area contributed by atoms with Crippen LogP contribution in [0.25, 0.3) is 0 Å². The average molecular weight is 308 g/mol. The number of phenolic OH excluding ortho intramolecular Hbond substituents is 1. The number of nitrogens with one attached hydrogen (secondary N) is 1. The first-order valence-electron chi connectivity index (χ1n) is 5.80. The third kappa shape index (κ3) is 3.46. The smallest absolute Gasteiger partial charge is 0.296 e. The Morgan fingerprint density at radius 2 is 2.10 bits per heavy atom. The minimum absolute atomic E-state index is 0.0200. The molecule has 108 valence electrons. The Labute approximate surface area is 124 Å². The van der Waals surface area contributed by atoms with Crippen molar-refractivity contribution in [1.29, 1.82) is 0 Å². The molecule has 1 amide bonds. The highest BCUT2D eigenvalue weighted by molar-refractivity contribution is 6.29. The van der Waals surface area contributed by atoms with E-state index in [4.69, 9.17) is 11.6 Å². The lowest BCUT2D eigenvalue weighted by molar-refractivity contribution is -0.384. The maximum absolute atomic E-state index is 12.1. The fraction of sp³-hybridized carbons (Fsp3) is 0.0769. The van der Waals surface area contributed by atoms with Gasteiger partial charge in [-0.25, -0.2) is 4.98 Å². The third-order valence-corrected chi connectivity index (χ3v) is 2.80. The van der Waals surface area contributed by atoms with Crippen LogP contribution in [0.5, 0.6) is 5.75 Å². The van der Waals surface area contributed by atoms with Gasteiger partial charge >= 0.3 is 0 Å². The maximum atomic E-state index is 12.1. The van der Waals surface area contributed by atoms with Gasteiger partial charge in [0.05, 0.1) is 11.0 Å². The molecule has 7 nitrogen and oxygen atoms in total. The van der Waals surface area contributed by atoms with Gasteiger partial charge < -0.3 is 10.4 Å². The first kappa shape index (κ1) is 14.7. The molecule has 0 spiro atoms. The second-order valence-electron chi connectivity index (χ2n) is 4.23. The van der Waals surface area contributed by atoms with E-state index >= 15 is 0 Å². The molecule has 0 unspecified atom stereocenters. The van der Waals surface area contributed by atoms with Crippen LogP contribution in [0.2, 0.25) is 5.15 Å². The number of benzene rings is 1. The van der Waals surface area contributed by atoms with E-state index in [9.17, 15) is 20.0 Å². The summed E-state index contributed by atoms with van der Waals surface area (Å²) in [5.41, 5.74) is 0.358. The largest absolute Gasteiger partial charge is 0.508 e. The summed E-state index contributed by atoms with van der Waals surface area (Å²) < 4.78 is 0. The van der Waals surface area contributed by atoms with Crippen molar-refractivity contribution in [3.8, 4) is 5.75 Å². The van der Waals surface area contributed by atoms with Crippen molar-refractivity contribution in [3.63, 3.8) is 0 Å². The van der Waals surface area contributed by atoms with E-state index in [1.807, 2.05) is 0 Å². The number of hydrogen-bond donors (Lipinski definition) is 2. The molecular weight excluding hydrogens is 298 g/mol. The molecule has 21 heavy (non-hydrogen) atoms. The summed E-state index contributed by atoms with van der Waals surface area (Å²) in [6.07, 6.45) is 0. The van der Waals surface area contributed by atoms with Gasteiger partial charge in [0.25, 0.3) is 11.6 Å². The number of rotatable bonds is 3. The van der Waals surface area contributed by atoms with Crippen molar-refractivity contribution in [3.05, 3.63) is 56.9 Å². The zero-order valence-corrected chi connectivity index (χ0v) is 11.6. The SMILES string of the molecule is Cc1cc(C(=O)Nc2ccc(O)cc2[N+](=O)[O-])cc(Cl)n1. The molecule has 2 N–H and O–H groups in total. The van der Waals surface area contributed by atoms with Crippen LogP contribution in [-0.2, 0) is 0 Å². The summed E-state index contributed by atoms with van der Waals surface area (Å²) in [6.45, 7) is 1.67. The highest BCUT2D eigenvalue weighted by atomic mass is 35.5. The Balaban J connectivity index is 2.33. The minimum Gasteiger partial charge on any atom is -0.508 e. The second kappa shape index (κ2) is 5.76. The summed E-state index contributed by atoms with van der Waals surface area (Å²) >= 11 is 5.77. The Kier molecular flexibility index (Phi) is 4.04. The zero-order chi connectivity index (χ0) is 15.6. The van der Waals surface area contributed by atoms with E-state index in [2.05, 4.69) is 10.3 Å². The lowest BCUT2D eigenvalue weighted by Crippen LogP contribution is -2.13. The molecule has 0 atom stereocenters. The number of nitro groups is 1. The van der Waals surface area contributed by atoms with E-state index in [1.54, 1.807) is 6.92 Å². The first-order valence-corrected chi connectivity index (χ1v) is 6.17. The number of aromatic hydroxyl groups is 1. The molecule has 0 aliphatic heterocycles. The van der Waals surface area contributed by atoms with Crippen LogP contribution in [0.4, 0.5) is 11.4 Å². The standard InChI is InChI=1S/C13H10ClN3O4/c1-7-4-8(5-12(14)15-7)13(19)16-10-3-2-9(18)6-11(10)17(20)21/h2-6,18H,1H3,(H,16,19). The van der Waals surface area contributed by atoms with Gasteiger partial charge in [0.15, 0.2) is 0 Å². The fourth-order valence-corrected chi connectivity index (χ4v) is 1.98. The van der Waals surface area contributed by atoms with Gasteiger partial charge in [-0.2, -0.15) is 0 Å². The van der Waals surface area contributed by atoms with Gasteiger partial charge in [0.1, 0.15) is 16.6 Å². The number of pyridine rings is 1. The molecule has 0 fully saturated rings. The monoisotopic (exact) mass is 307 g/mol. The molecule has 0 saturated heterocycles. The minimum atomic E-state index is -0.694. The number of amides is 1. The van der Waals surface area contributed by atoms with Crippen molar-refractivity contribution >= 4 is 28.9 Å². The van der Waals surface area contributed by atoms with Gasteiger partial charge in [-0.3, -0.25) is 14.9 Å². The van der Waals surface area contributed by atoms with Gasteiger partial charge in [-0.15, -0.1) is 0 Å². The van der Waals surface area contributed by atoms with Crippen LogP contribution in [0.15, 0.2) is 30.3 Å². The lowest BCUT2D eigenvalue weighted by atomic mass is 10.2. The predicted molar refractivity (Wildman–Crippen MR) is 76.7 cm³/mol. The Morgan fingerprint density at radius 1 is 1.38 bits per heavy atom. The maximum Gasteiger partial charge on any atom is 0.296 e. The van der Waals surface area contributed by atoms with Crippen LogP contribution in [0.3, 0.4) is 0 Å². The average Bonchev–Trinajstić information content (AvgIpc) is 2.39. The summed E-state index contributed by atoms with van der Waals surface area (Å²) in [7, 11) is 0. The first-order chi connectivity index (χ1) is 9.86. The number of hydrogen-bond acceptors (Lipinski definition) is 5. The zero-order valence-electron chi connectivity index (χ0n) is 10.8. The number of nitrogens with zero attached hydrogens (tertiary/aromatic N) is 2. The number of halogens is 1. The van der Waals surface area contributed by atoms with Crippen molar-refractivity contribution in [2.45, 2.75) is 6.92 Å². The van der Waals surface area contributed by atoms with Gasteiger partial charge in [-0.1, -0.05) is 11.6 Å². The topological polar surface area (TPSA) is 105 Å². The van der Waals surface area contributed by atoms with Crippen molar-refractivity contribution < 1.29 is 14.8 Å². The number of nitro benzene ring substituents is 1. The molecule has 8 heteroatoms. The summed E-state index contributed by atoms with van der Waals surface area (Å²) in [5.74, 6) is -0.821. The van der Waals surface area contributed by atoms with Gasteiger partial charge in [0, 0.05) is 11.3 Å². The molecule has 0 saturated carbocycles. The quantitative estimate of drug-likeness (QED) is 0.392. The molecule has 0 aliphatic carbocycles. The van der Waals surface area contributed by atoms with Crippen LogP contribution >= 0.6 is 11.6 Å². The number of carbonyl (C=O) groups is 1. The van der Waals surface area contributed by atoms with Crippen LogP contribution in [-0.4, -0.2) is 20.9 Å². The summed E-state index contributed by atoms with van der Waals surface area (Å²) in [6, 6.07) is 6.32. The Hall–Kier alpha value is -2.67. The highest BCUT2D eigenvalue weighted by Crippen LogP contribution is 2.28. The lowest BCUT2D eigenvalue weighted by Gasteiger charge is -2.07. The molecular formula is C13H10ClN3O4. The number of phenols is 1. The molecule has 0 aliphatic rings. The number of carbonyl (C=O) groups excluding carboxylic acids is 1. The summed E-state index contributed by atoms with van der Waals surface area (Å²) in [4.78, 5) is 26.2. The molecule has 1 heterocycles. The van der Waals surface area contributed by atoms with Crippen LogP contribution in [0.1, 0.15) is 16.1 Å². The molecule has 0 bridgehead atoms. The normalized spacial score (nSPS) is 10.2. The van der Waals surface area contributed by atoms with E-state index in [1.165, 1.54) is 24.3 Å². The van der Waals surface area contributed by atoms with E-state index in [-0.39, 0.29) is 22.2 Å². The van der Waals surface area contributed by atoms with Crippen molar-refractivity contribution in [2.24, 2.45) is 0 Å². The van der Waals surface area contributed by atoms with Crippen LogP contribution in [0, 0.1) is 17.0 Å². The van der Waals surface area contributed by atoms with Gasteiger partial charge in [-0.05, 0) is 31.2 Å². The van der Waals surface area contributed by atoms with E-state index in [0.717, 1.165) is 6.07 Å². The molecule has 1 aromatic carbocycles. The molecule has 0 radical (unpaired) electrons. The number of aromatic nitrogens is 1.